The average molecular weight is 411 g/mol. The summed E-state index contributed by atoms with van der Waals surface area (Å²) < 4.78 is 6.58. The normalized spacial score (nSPS) is 31.4. The molecule has 1 fully saturated rings. The molecule has 0 saturated heterocycles. The Bertz CT molecular complexity index is 860. The number of aryl methyl sites for hydroxylation is 1. The molecule has 3 aliphatic rings. The summed E-state index contributed by atoms with van der Waals surface area (Å²) in [6.07, 6.45) is 8.17. The maximum Gasteiger partial charge on any atom is 0.250 e. The molecule has 3 unspecified atom stereocenters. The van der Waals surface area contributed by atoms with E-state index in [1.807, 2.05) is 0 Å². The Hall–Kier alpha value is -1.35. The van der Waals surface area contributed by atoms with Gasteiger partial charge in [0.2, 0.25) is 8.32 Å². The summed E-state index contributed by atoms with van der Waals surface area (Å²) >= 11 is 0. The van der Waals surface area contributed by atoms with Crippen molar-refractivity contribution in [2.45, 2.75) is 84.9 Å². The molecule has 3 heteroatoms. The quantitative estimate of drug-likeness (QED) is 0.499. The Balaban J connectivity index is 1.63. The van der Waals surface area contributed by atoms with Crippen molar-refractivity contribution in [3.8, 4) is 5.75 Å². The minimum absolute atomic E-state index is 0.170. The van der Waals surface area contributed by atoms with Crippen molar-refractivity contribution >= 4 is 19.7 Å². The van der Waals surface area contributed by atoms with Gasteiger partial charge in [0.15, 0.2) is 0 Å². The molecule has 0 aromatic heterocycles. The van der Waals surface area contributed by atoms with Gasteiger partial charge in [-0.2, -0.15) is 0 Å². The summed E-state index contributed by atoms with van der Waals surface area (Å²) in [4.78, 5) is 12.3. The number of hydrogen-bond donors (Lipinski definition) is 0. The summed E-state index contributed by atoms with van der Waals surface area (Å²) in [6, 6.07) is 6.83. The molecule has 0 bridgehead atoms. The number of allylic oxidation sites excluding steroid dienone is 2. The van der Waals surface area contributed by atoms with E-state index in [9.17, 15) is 4.79 Å². The molecule has 29 heavy (non-hydrogen) atoms. The highest BCUT2D eigenvalue weighted by Gasteiger charge is 2.53. The highest BCUT2D eigenvalue weighted by Crippen LogP contribution is 2.61. The molecule has 4 rings (SSSR count). The van der Waals surface area contributed by atoms with Crippen molar-refractivity contribution in [1.82, 2.24) is 0 Å². The number of fused-ring (bicyclic) bond motifs is 5. The number of carbonyl (C=O) groups is 1. The van der Waals surface area contributed by atoms with Crippen LogP contribution in [0.1, 0.15) is 71.4 Å². The maximum atomic E-state index is 12.3. The van der Waals surface area contributed by atoms with Gasteiger partial charge in [-0.1, -0.05) is 39.8 Å². The monoisotopic (exact) mass is 410 g/mol. The molecule has 0 amide bonds. The smallest absolute Gasteiger partial charge is 0.250 e. The minimum atomic E-state index is -1.82. The first-order valence-corrected chi connectivity index (χ1v) is 14.4. The Morgan fingerprint density at radius 2 is 1.90 bits per heavy atom. The molecule has 0 spiro atoms. The molecular formula is C26H38O2Si. The van der Waals surface area contributed by atoms with Crippen LogP contribution in [0.5, 0.6) is 5.75 Å². The van der Waals surface area contributed by atoms with E-state index in [1.165, 1.54) is 24.0 Å². The fourth-order valence-electron chi connectivity index (χ4n) is 6.13. The van der Waals surface area contributed by atoms with Crippen LogP contribution >= 0.6 is 0 Å². The summed E-state index contributed by atoms with van der Waals surface area (Å²) in [7, 11) is -1.82. The van der Waals surface area contributed by atoms with E-state index in [2.05, 4.69) is 65.1 Å². The van der Waals surface area contributed by atoms with Gasteiger partial charge in [-0.15, -0.1) is 0 Å². The molecule has 2 nitrogen and oxygen atoms in total. The minimum Gasteiger partial charge on any atom is -0.543 e. The summed E-state index contributed by atoms with van der Waals surface area (Å²) in [5.74, 6) is 2.99. The van der Waals surface area contributed by atoms with Crippen molar-refractivity contribution < 1.29 is 9.22 Å². The molecule has 1 saturated carbocycles. The van der Waals surface area contributed by atoms with Crippen LogP contribution in [0.2, 0.25) is 18.1 Å². The summed E-state index contributed by atoms with van der Waals surface area (Å²) in [5.41, 5.74) is 4.62. The number of rotatable bonds is 3. The average Bonchev–Trinajstić information content (AvgIpc) is 2.97. The Morgan fingerprint density at radius 1 is 1.17 bits per heavy atom. The van der Waals surface area contributed by atoms with Gasteiger partial charge in [-0.3, -0.25) is 4.79 Å². The lowest BCUT2D eigenvalue weighted by Gasteiger charge is -2.46. The van der Waals surface area contributed by atoms with Gasteiger partial charge in [0.05, 0.1) is 0 Å². The van der Waals surface area contributed by atoms with Crippen molar-refractivity contribution in [3.05, 3.63) is 35.4 Å². The van der Waals surface area contributed by atoms with Crippen LogP contribution in [0.15, 0.2) is 24.3 Å². The molecule has 0 heterocycles. The largest absolute Gasteiger partial charge is 0.543 e. The van der Waals surface area contributed by atoms with Crippen LogP contribution in [0.25, 0.3) is 5.57 Å². The second kappa shape index (κ2) is 6.83. The maximum absolute atomic E-state index is 12.3. The molecule has 0 radical (unpaired) electrons. The molecule has 4 atom stereocenters. The summed E-state index contributed by atoms with van der Waals surface area (Å²) in [6.45, 7) is 15.7. The van der Waals surface area contributed by atoms with Gasteiger partial charge in [-0.25, -0.2) is 0 Å². The highest BCUT2D eigenvalue weighted by atomic mass is 28.4. The topological polar surface area (TPSA) is 26.3 Å². The fraction of sp³-hybridized carbons (Fsp3) is 0.654. The molecule has 0 aliphatic heterocycles. The third-order valence-electron chi connectivity index (χ3n) is 8.84. The first kappa shape index (κ1) is 20.9. The van der Waals surface area contributed by atoms with E-state index in [0.717, 1.165) is 25.0 Å². The SMILES string of the molecule is CC(=O)C1CCC2C3CCc4cc(O[Si](C)(C)C(C)(C)C)ccc4C3=CC[C@]12C. The lowest BCUT2D eigenvalue weighted by molar-refractivity contribution is -0.124. The van der Waals surface area contributed by atoms with Gasteiger partial charge in [0.25, 0.3) is 0 Å². The van der Waals surface area contributed by atoms with Gasteiger partial charge in [-0.05, 0) is 103 Å². The first-order valence-electron chi connectivity index (χ1n) is 11.5. The van der Waals surface area contributed by atoms with E-state index in [0.29, 0.717) is 17.6 Å². The third-order valence-corrected chi connectivity index (χ3v) is 13.2. The van der Waals surface area contributed by atoms with Crippen molar-refractivity contribution in [1.29, 1.82) is 0 Å². The number of Topliss-reactive ketones (excluding diaryl/α,β-unsaturated/α-hetero) is 1. The third kappa shape index (κ3) is 3.34. The standard InChI is InChI=1S/C26H38O2Si/c1-17(27)23-12-13-24-22-10-8-18-16-19(28-29(6,7)25(2,3)4)9-11-20(18)21(22)14-15-26(23,24)5/h9,11,14,16,22-24H,8,10,12-13,15H2,1-7H3/t22?,23?,24?,26-/m1/s1. The zero-order valence-electron chi connectivity index (χ0n) is 19.4. The fourth-order valence-corrected chi connectivity index (χ4v) is 7.15. The van der Waals surface area contributed by atoms with Gasteiger partial charge >= 0.3 is 0 Å². The summed E-state index contributed by atoms with van der Waals surface area (Å²) in [5, 5.41) is 0.208. The first-order chi connectivity index (χ1) is 13.4. The van der Waals surface area contributed by atoms with Crippen LogP contribution in [0, 0.1) is 23.2 Å². The molecular weight excluding hydrogens is 372 g/mol. The van der Waals surface area contributed by atoms with E-state index in [4.69, 9.17) is 4.43 Å². The number of benzene rings is 1. The Labute approximate surface area is 178 Å². The van der Waals surface area contributed by atoms with E-state index in [1.54, 1.807) is 12.5 Å². The van der Waals surface area contributed by atoms with E-state index in [-0.39, 0.29) is 16.4 Å². The van der Waals surface area contributed by atoms with Crippen LogP contribution in [-0.2, 0) is 11.2 Å². The molecule has 1 aromatic carbocycles. The van der Waals surface area contributed by atoms with Gasteiger partial charge in [0.1, 0.15) is 11.5 Å². The van der Waals surface area contributed by atoms with Crippen molar-refractivity contribution in [2.24, 2.45) is 23.2 Å². The second-order valence-electron chi connectivity index (χ2n) is 11.5. The second-order valence-corrected chi connectivity index (χ2v) is 16.3. The van der Waals surface area contributed by atoms with E-state index >= 15 is 0 Å². The molecule has 158 valence electrons. The van der Waals surface area contributed by atoms with Crippen LogP contribution in [0.3, 0.4) is 0 Å². The van der Waals surface area contributed by atoms with E-state index < -0.39 is 8.32 Å². The lowest BCUT2D eigenvalue weighted by atomic mass is 9.58. The molecule has 0 N–H and O–H groups in total. The van der Waals surface area contributed by atoms with Crippen LogP contribution in [-0.4, -0.2) is 14.1 Å². The zero-order valence-corrected chi connectivity index (χ0v) is 20.4. The van der Waals surface area contributed by atoms with Crippen LogP contribution < -0.4 is 4.43 Å². The Kier molecular flexibility index (Phi) is 4.92. The number of hydrogen-bond acceptors (Lipinski definition) is 2. The molecule has 1 aromatic rings. The van der Waals surface area contributed by atoms with Gasteiger partial charge in [0, 0.05) is 5.92 Å². The number of ketones is 1. The Morgan fingerprint density at radius 3 is 2.55 bits per heavy atom. The molecule has 3 aliphatic carbocycles. The highest BCUT2D eigenvalue weighted by molar-refractivity contribution is 6.74. The predicted molar refractivity (Wildman–Crippen MR) is 124 cm³/mol. The van der Waals surface area contributed by atoms with Crippen molar-refractivity contribution in [2.75, 3.05) is 0 Å². The zero-order chi connectivity index (χ0) is 21.2. The van der Waals surface area contributed by atoms with Crippen molar-refractivity contribution in [3.63, 3.8) is 0 Å². The number of carbonyl (C=O) groups excluding carboxylic acids is 1. The van der Waals surface area contributed by atoms with Gasteiger partial charge < -0.3 is 4.43 Å². The lowest BCUT2D eigenvalue weighted by Crippen LogP contribution is -2.43. The predicted octanol–water partition coefficient (Wildman–Crippen LogP) is 7.04. The van der Waals surface area contributed by atoms with Crippen LogP contribution in [0.4, 0.5) is 0 Å².